The van der Waals surface area contributed by atoms with Gasteiger partial charge in [0, 0.05) is 0 Å². The fourth-order valence-corrected chi connectivity index (χ4v) is 0.447. The van der Waals surface area contributed by atoms with Gasteiger partial charge in [0.2, 0.25) is 0 Å². The summed E-state index contributed by atoms with van der Waals surface area (Å²) in [5, 5.41) is 8.54. The topological polar surface area (TPSA) is 105 Å². The van der Waals surface area contributed by atoms with Crippen LogP contribution < -0.4 is 5.84 Å². The average Bonchev–Trinajstić information content (AvgIpc) is 1.96. The summed E-state index contributed by atoms with van der Waals surface area (Å²) in [6.45, 7) is 4.99. The van der Waals surface area contributed by atoms with E-state index in [1.807, 2.05) is 0 Å². The first-order valence-electron chi connectivity index (χ1n) is 3.76. The monoisotopic (exact) mass is 203 g/mol. The molecule has 0 radical (unpaired) electrons. The zero-order valence-electron chi connectivity index (χ0n) is 8.22. The third-order valence-corrected chi connectivity index (χ3v) is 0.902. The third-order valence-electron chi connectivity index (χ3n) is 0.902. The summed E-state index contributed by atoms with van der Waals surface area (Å²) in [5.41, 5.74) is -0.670. The molecular weight excluding hydrogens is 190 g/mol. The van der Waals surface area contributed by atoms with Gasteiger partial charge < -0.3 is 9.84 Å². The molecule has 0 saturated heterocycles. The first kappa shape index (κ1) is 12.4. The number of hydrazine groups is 1. The van der Waals surface area contributed by atoms with Crippen LogP contribution in [0.15, 0.2) is 4.99 Å². The van der Waals surface area contributed by atoms with Crippen molar-refractivity contribution in [1.82, 2.24) is 5.01 Å². The smallest absolute Gasteiger partial charge is 0.435 e. The molecule has 0 aliphatic rings. The maximum atomic E-state index is 10.9. The van der Waals surface area contributed by atoms with E-state index < -0.39 is 17.8 Å². The molecule has 0 fully saturated rings. The SMILES string of the molecule is CC(C)(C)OC(=O)N=CN(N)C(=O)O. The Hall–Kier alpha value is -1.63. The lowest BCUT2D eigenvalue weighted by Gasteiger charge is -2.17. The minimum atomic E-state index is -1.42. The van der Waals surface area contributed by atoms with Gasteiger partial charge in [-0.15, -0.1) is 0 Å². The third kappa shape index (κ3) is 5.95. The van der Waals surface area contributed by atoms with E-state index >= 15 is 0 Å². The molecule has 0 spiro atoms. The molecule has 7 heteroatoms. The molecule has 0 aliphatic carbocycles. The van der Waals surface area contributed by atoms with Gasteiger partial charge in [-0.3, -0.25) is 0 Å². The quantitative estimate of drug-likeness (QED) is 0.215. The minimum Gasteiger partial charge on any atom is -0.464 e. The highest BCUT2D eigenvalue weighted by Gasteiger charge is 2.15. The Bertz CT molecular complexity index is 256. The van der Waals surface area contributed by atoms with E-state index in [1.54, 1.807) is 20.8 Å². The van der Waals surface area contributed by atoms with Crippen LogP contribution >= 0.6 is 0 Å². The lowest BCUT2D eigenvalue weighted by Crippen LogP contribution is -2.35. The van der Waals surface area contributed by atoms with Gasteiger partial charge in [-0.2, -0.15) is 4.99 Å². The molecule has 80 valence electrons. The summed E-state index contributed by atoms with van der Waals surface area (Å²) in [5.74, 6) is 4.91. The summed E-state index contributed by atoms with van der Waals surface area (Å²) in [6.07, 6.45) is -1.65. The maximum Gasteiger partial charge on any atom is 0.435 e. The molecule has 0 aromatic carbocycles. The standard InChI is InChI=1S/C7H13N3O4/c1-7(2,3)14-5(11)9-4-10(8)6(12)13/h4H,8H2,1-3H3,(H,12,13). The van der Waals surface area contributed by atoms with Crippen LogP contribution in [0.3, 0.4) is 0 Å². The van der Waals surface area contributed by atoms with Crippen molar-refractivity contribution in [2.75, 3.05) is 0 Å². The van der Waals surface area contributed by atoms with Crippen LogP contribution in [0.5, 0.6) is 0 Å². The molecule has 3 N–H and O–H groups in total. The number of hydrogen-bond donors (Lipinski definition) is 2. The zero-order valence-corrected chi connectivity index (χ0v) is 8.22. The summed E-state index contributed by atoms with van der Waals surface area (Å²) in [7, 11) is 0. The van der Waals surface area contributed by atoms with E-state index in [1.165, 1.54) is 0 Å². The second-order valence-electron chi connectivity index (χ2n) is 3.41. The van der Waals surface area contributed by atoms with Crippen LogP contribution in [0, 0.1) is 0 Å². The van der Waals surface area contributed by atoms with E-state index in [-0.39, 0.29) is 5.01 Å². The van der Waals surface area contributed by atoms with Gasteiger partial charge in [-0.05, 0) is 20.8 Å². The van der Waals surface area contributed by atoms with Crippen molar-refractivity contribution in [3.63, 3.8) is 0 Å². The molecule has 0 atom stereocenters. The molecular formula is C7H13N3O4. The fraction of sp³-hybridized carbons (Fsp3) is 0.571. The molecule has 2 amide bonds. The first-order valence-corrected chi connectivity index (χ1v) is 3.76. The van der Waals surface area contributed by atoms with Gasteiger partial charge in [0.15, 0.2) is 0 Å². The first-order chi connectivity index (χ1) is 6.22. The van der Waals surface area contributed by atoms with Gasteiger partial charge in [-0.1, -0.05) is 0 Å². The number of ether oxygens (including phenoxy) is 1. The van der Waals surface area contributed by atoms with Gasteiger partial charge >= 0.3 is 12.2 Å². The predicted molar refractivity (Wildman–Crippen MR) is 48.8 cm³/mol. The Morgan fingerprint density at radius 1 is 1.50 bits per heavy atom. The average molecular weight is 203 g/mol. The van der Waals surface area contributed by atoms with Crippen molar-refractivity contribution < 1.29 is 19.4 Å². The van der Waals surface area contributed by atoms with E-state index in [0.717, 1.165) is 0 Å². The lowest BCUT2D eigenvalue weighted by atomic mass is 10.2. The summed E-state index contributed by atoms with van der Waals surface area (Å²) < 4.78 is 4.76. The molecule has 0 aromatic rings. The van der Waals surface area contributed by atoms with E-state index in [4.69, 9.17) is 15.7 Å². The Morgan fingerprint density at radius 2 is 2.00 bits per heavy atom. The zero-order chi connectivity index (χ0) is 11.4. The lowest BCUT2D eigenvalue weighted by molar-refractivity contribution is 0.0603. The normalized spacial score (nSPS) is 11.4. The molecule has 0 heterocycles. The molecule has 0 aromatic heterocycles. The van der Waals surface area contributed by atoms with Crippen LogP contribution in [-0.4, -0.2) is 34.2 Å². The predicted octanol–water partition coefficient (Wildman–Crippen LogP) is 0.804. The van der Waals surface area contributed by atoms with Crippen LogP contribution in [0.25, 0.3) is 0 Å². The number of hydrogen-bond acceptors (Lipinski definition) is 4. The number of carbonyl (C=O) groups excluding carboxylic acids is 1. The maximum absolute atomic E-state index is 10.9. The van der Waals surface area contributed by atoms with Crippen LogP contribution in [0.4, 0.5) is 9.59 Å². The molecule has 0 rings (SSSR count). The summed E-state index contributed by atoms with van der Waals surface area (Å²) in [6, 6.07) is 0. The fourth-order valence-electron chi connectivity index (χ4n) is 0.447. The molecule has 7 nitrogen and oxygen atoms in total. The van der Waals surface area contributed by atoms with Crippen molar-refractivity contribution >= 4 is 18.5 Å². The number of carbonyl (C=O) groups is 2. The minimum absolute atomic E-state index is 0.254. The van der Waals surface area contributed by atoms with E-state index in [0.29, 0.717) is 6.34 Å². The molecule has 0 saturated carbocycles. The number of carboxylic acid groups (broad SMARTS) is 1. The summed E-state index contributed by atoms with van der Waals surface area (Å²) in [4.78, 5) is 24.2. The highest BCUT2D eigenvalue weighted by atomic mass is 16.6. The highest BCUT2D eigenvalue weighted by Crippen LogP contribution is 2.07. The largest absolute Gasteiger partial charge is 0.464 e. The van der Waals surface area contributed by atoms with Crippen LogP contribution in [0.2, 0.25) is 0 Å². The van der Waals surface area contributed by atoms with Gasteiger partial charge in [-0.25, -0.2) is 20.4 Å². The number of rotatable bonds is 1. The molecule has 0 aliphatic heterocycles. The molecule has 0 unspecified atom stereocenters. The number of aliphatic imine (C=N–C) groups is 1. The number of nitrogens with zero attached hydrogens (tertiary/aromatic N) is 2. The Balaban J connectivity index is 4.13. The van der Waals surface area contributed by atoms with Gasteiger partial charge in [0.05, 0.1) is 0 Å². The van der Waals surface area contributed by atoms with Crippen molar-refractivity contribution in [2.45, 2.75) is 26.4 Å². The Kier molecular flexibility index (Phi) is 4.03. The highest BCUT2D eigenvalue weighted by molar-refractivity contribution is 5.86. The van der Waals surface area contributed by atoms with Crippen molar-refractivity contribution in [3.8, 4) is 0 Å². The van der Waals surface area contributed by atoms with E-state index in [2.05, 4.69) is 4.99 Å². The second-order valence-corrected chi connectivity index (χ2v) is 3.41. The van der Waals surface area contributed by atoms with Crippen LogP contribution in [0.1, 0.15) is 20.8 Å². The van der Waals surface area contributed by atoms with Crippen molar-refractivity contribution in [3.05, 3.63) is 0 Å². The Morgan fingerprint density at radius 3 is 2.36 bits per heavy atom. The number of nitrogens with two attached hydrogens (primary N) is 1. The molecule has 0 bridgehead atoms. The van der Waals surface area contributed by atoms with Crippen LogP contribution in [-0.2, 0) is 4.74 Å². The molecule has 14 heavy (non-hydrogen) atoms. The van der Waals surface area contributed by atoms with Crippen molar-refractivity contribution in [1.29, 1.82) is 0 Å². The van der Waals surface area contributed by atoms with E-state index in [9.17, 15) is 9.59 Å². The number of amides is 2. The Labute approximate surface area is 81.1 Å². The van der Waals surface area contributed by atoms with Gasteiger partial charge in [0.1, 0.15) is 11.9 Å². The van der Waals surface area contributed by atoms with Crippen molar-refractivity contribution in [2.24, 2.45) is 10.8 Å². The second kappa shape index (κ2) is 4.56. The van der Waals surface area contributed by atoms with Gasteiger partial charge in [0.25, 0.3) is 0 Å². The summed E-state index contributed by atoms with van der Waals surface area (Å²) >= 11 is 0.